The highest BCUT2D eigenvalue weighted by atomic mass is 35.5. The third kappa shape index (κ3) is 5.84. The fourth-order valence-electron chi connectivity index (χ4n) is 7.21. The van der Waals surface area contributed by atoms with Gasteiger partial charge in [0.15, 0.2) is 11.5 Å². The standard InChI is InChI=1S/C28H31Cl2F3N4O4/c1-26-6-8-27(14-26,9-7-26)15-36(13-21(38)22-19(29)11-34-12-20(22)30)24(39)18-10-35-37(23(18)28(31,32)33)17-4-2-16(3-5-17)25(40)41/h10-12,16-17H,2-9,13-15H2,1H3,(H,40,41)/t16?,17?,26-,27+. The zero-order valence-electron chi connectivity index (χ0n) is 22.5. The number of aliphatic carboxylic acids is 1. The van der Waals surface area contributed by atoms with Gasteiger partial charge in [0.1, 0.15) is 0 Å². The van der Waals surface area contributed by atoms with Gasteiger partial charge in [-0.25, -0.2) is 0 Å². The third-order valence-electron chi connectivity index (χ3n) is 9.29. The van der Waals surface area contributed by atoms with Gasteiger partial charge in [-0.15, -0.1) is 0 Å². The number of pyridine rings is 1. The summed E-state index contributed by atoms with van der Waals surface area (Å²) in [6, 6.07) is -0.697. The molecule has 1 N–H and O–H groups in total. The topological polar surface area (TPSA) is 105 Å². The Morgan fingerprint density at radius 2 is 1.66 bits per heavy atom. The monoisotopic (exact) mass is 614 g/mol. The molecule has 0 atom stereocenters. The van der Waals surface area contributed by atoms with Gasteiger partial charge in [-0.2, -0.15) is 18.3 Å². The number of carboxylic acids is 1. The first-order chi connectivity index (χ1) is 19.2. The summed E-state index contributed by atoms with van der Waals surface area (Å²) < 4.78 is 44.4. The van der Waals surface area contributed by atoms with Crippen molar-refractivity contribution in [3.8, 4) is 0 Å². The van der Waals surface area contributed by atoms with E-state index in [4.69, 9.17) is 23.2 Å². The maximum atomic E-state index is 14.5. The lowest BCUT2D eigenvalue weighted by molar-refractivity contribution is -0.147. The lowest BCUT2D eigenvalue weighted by atomic mass is 9.82. The summed E-state index contributed by atoms with van der Waals surface area (Å²) in [6.07, 6.45) is 3.69. The molecule has 3 aliphatic carbocycles. The number of rotatable bonds is 8. The molecule has 41 heavy (non-hydrogen) atoms. The number of alkyl halides is 3. The van der Waals surface area contributed by atoms with Gasteiger partial charge < -0.3 is 10.0 Å². The van der Waals surface area contributed by atoms with E-state index in [-0.39, 0.29) is 58.7 Å². The second-order valence-corrected chi connectivity index (χ2v) is 13.1. The quantitative estimate of drug-likeness (QED) is 0.331. The van der Waals surface area contributed by atoms with E-state index < -0.39 is 53.6 Å². The number of hydrogen-bond donors (Lipinski definition) is 1. The molecule has 2 aromatic heterocycles. The first-order valence-corrected chi connectivity index (χ1v) is 14.5. The van der Waals surface area contributed by atoms with E-state index in [9.17, 15) is 32.7 Å². The van der Waals surface area contributed by atoms with Gasteiger partial charge in [0, 0.05) is 18.9 Å². The van der Waals surface area contributed by atoms with E-state index in [1.54, 1.807) is 0 Å². The van der Waals surface area contributed by atoms with Crippen molar-refractivity contribution < 1.29 is 32.7 Å². The molecule has 5 rings (SSSR count). The van der Waals surface area contributed by atoms with E-state index in [2.05, 4.69) is 17.0 Å². The fourth-order valence-corrected chi connectivity index (χ4v) is 7.78. The zero-order chi connectivity index (χ0) is 29.7. The number of amides is 1. The molecule has 2 bridgehead atoms. The van der Waals surface area contributed by atoms with Gasteiger partial charge in [-0.05, 0) is 68.6 Å². The second kappa shape index (κ2) is 10.9. The lowest BCUT2D eigenvalue weighted by Gasteiger charge is -2.34. The van der Waals surface area contributed by atoms with Crippen LogP contribution < -0.4 is 0 Å². The molecule has 3 fully saturated rings. The molecule has 1 amide bonds. The summed E-state index contributed by atoms with van der Waals surface area (Å²) >= 11 is 12.4. The van der Waals surface area contributed by atoms with Gasteiger partial charge in [-0.3, -0.25) is 24.0 Å². The minimum absolute atomic E-state index is 0.0110. The van der Waals surface area contributed by atoms with Gasteiger partial charge in [0.05, 0.1) is 45.9 Å². The predicted octanol–water partition coefficient (Wildman–Crippen LogP) is 6.72. The molecule has 0 aliphatic heterocycles. The normalized spacial score (nSPS) is 27.7. The number of ketones is 1. The Hall–Kier alpha value is -2.66. The van der Waals surface area contributed by atoms with E-state index in [0.29, 0.717) is 0 Å². The minimum Gasteiger partial charge on any atom is -0.481 e. The Balaban J connectivity index is 1.49. The zero-order valence-corrected chi connectivity index (χ0v) is 24.0. The van der Waals surface area contributed by atoms with Crippen molar-refractivity contribution in [3.63, 3.8) is 0 Å². The van der Waals surface area contributed by atoms with Crippen molar-refractivity contribution in [1.82, 2.24) is 19.7 Å². The number of carbonyl (C=O) groups excluding carboxylic acids is 2. The SMILES string of the molecule is C[C@]12CC[C@@](CN(CC(=O)c3c(Cl)cncc3Cl)C(=O)c3cnn(C4CCC(C(=O)O)CC4)c3C(F)(F)F)(CC1)C2. The van der Waals surface area contributed by atoms with Crippen LogP contribution in [0.15, 0.2) is 18.6 Å². The average molecular weight is 615 g/mol. The van der Waals surface area contributed by atoms with E-state index in [1.807, 2.05) is 0 Å². The third-order valence-corrected chi connectivity index (χ3v) is 9.86. The van der Waals surface area contributed by atoms with Crippen molar-refractivity contribution in [2.24, 2.45) is 16.7 Å². The maximum Gasteiger partial charge on any atom is 0.433 e. The smallest absolute Gasteiger partial charge is 0.433 e. The molecule has 2 aromatic rings. The molecule has 8 nitrogen and oxygen atoms in total. The minimum atomic E-state index is -4.91. The Morgan fingerprint density at radius 3 is 2.17 bits per heavy atom. The summed E-state index contributed by atoms with van der Waals surface area (Å²) in [5.41, 5.74) is -2.03. The molecule has 2 heterocycles. The number of halogens is 5. The highest BCUT2D eigenvalue weighted by molar-refractivity contribution is 6.39. The van der Waals surface area contributed by atoms with Crippen LogP contribution in [0.5, 0.6) is 0 Å². The van der Waals surface area contributed by atoms with Crippen LogP contribution in [-0.2, 0) is 11.0 Å². The Labute approximate surface area is 245 Å². The van der Waals surface area contributed by atoms with Crippen molar-refractivity contribution in [1.29, 1.82) is 0 Å². The van der Waals surface area contributed by atoms with Crippen molar-refractivity contribution >= 4 is 40.9 Å². The Kier molecular flexibility index (Phi) is 7.91. The number of Topliss-reactive ketones (excluding diaryl/α,β-unsaturated/α-hetero) is 1. The summed E-state index contributed by atoms with van der Waals surface area (Å²) in [6.45, 7) is 1.80. The van der Waals surface area contributed by atoms with Crippen LogP contribution in [0.4, 0.5) is 13.2 Å². The Morgan fingerprint density at radius 1 is 1.05 bits per heavy atom. The highest BCUT2D eigenvalue weighted by Crippen LogP contribution is 2.61. The van der Waals surface area contributed by atoms with E-state index >= 15 is 0 Å². The molecule has 13 heteroatoms. The molecule has 0 aromatic carbocycles. The predicted molar refractivity (Wildman–Crippen MR) is 144 cm³/mol. The van der Waals surface area contributed by atoms with Crippen molar-refractivity contribution in [2.45, 2.75) is 76.9 Å². The lowest BCUT2D eigenvalue weighted by Crippen LogP contribution is -2.43. The van der Waals surface area contributed by atoms with Gasteiger partial charge >= 0.3 is 12.1 Å². The number of carboxylic acid groups (broad SMARTS) is 1. The van der Waals surface area contributed by atoms with Crippen LogP contribution in [0.1, 0.15) is 97.2 Å². The number of aromatic nitrogens is 3. The molecule has 0 radical (unpaired) electrons. The maximum absolute atomic E-state index is 14.5. The molecule has 0 spiro atoms. The number of hydrogen-bond acceptors (Lipinski definition) is 5. The van der Waals surface area contributed by atoms with Crippen molar-refractivity contribution in [3.05, 3.63) is 45.5 Å². The number of nitrogens with zero attached hydrogens (tertiary/aromatic N) is 4. The van der Waals surface area contributed by atoms with Gasteiger partial charge in [-0.1, -0.05) is 30.1 Å². The van der Waals surface area contributed by atoms with Crippen LogP contribution in [0, 0.1) is 16.7 Å². The molecular formula is C28H31Cl2F3N4O4. The molecule has 0 unspecified atom stereocenters. The van der Waals surface area contributed by atoms with Crippen LogP contribution in [-0.4, -0.2) is 55.5 Å². The summed E-state index contributed by atoms with van der Waals surface area (Å²) in [7, 11) is 0. The molecule has 3 aliphatic rings. The van der Waals surface area contributed by atoms with Crippen LogP contribution in [0.3, 0.4) is 0 Å². The first kappa shape index (κ1) is 29.8. The van der Waals surface area contributed by atoms with Crippen molar-refractivity contribution in [2.75, 3.05) is 13.1 Å². The molecule has 222 valence electrons. The first-order valence-electron chi connectivity index (χ1n) is 13.7. The average Bonchev–Trinajstić information content (AvgIpc) is 3.58. The fraction of sp³-hybridized carbons (Fsp3) is 0.607. The van der Waals surface area contributed by atoms with Crippen LogP contribution in [0.2, 0.25) is 10.0 Å². The van der Waals surface area contributed by atoms with Gasteiger partial charge in [0.25, 0.3) is 5.91 Å². The summed E-state index contributed by atoms with van der Waals surface area (Å²) in [5.74, 6) is -3.13. The largest absolute Gasteiger partial charge is 0.481 e. The van der Waals surface area contributed by atoms with Crippen LogP contribution >= 0.6 is 23.2 Å². The summed E-state index contributed by atoms with van der Waals surface area (Å²) in [4.78, 5) is 43.8. The second-order valence-electron chi connectivity index (χ2n) is 12.2. The van der Waals surface area contributed by atoms with Gasteiger partial charge in [0.2, 0.25) is 0 Å². The number of fused-ring (bicyclic) bond motifs is 2. The highest BCUT2D eigenvalue weighted by Gasteiger charge is 2.53. The van der Waals surface area contributed by atoms with E-state index in [1.165, 1.54) is 17.3 Å². The number of carbonyl (C=O) groups is 3. The molecule has 0 saturated heterocycles. The summed E-state index contributed by atoms with van der Waals surface area (Å²) in [5, 5.41) is 13.3. The van der Waals surface area contributed by atoms with E-state index in [0.717, 1.165) is 43.0 Å². The molecule has 3 saturated carbocycles. The molecular weight excluding hydrogens is 584 g/mol. The van der Waals surface area contributed by atoms with Crippen LogP contribution in [0.25, 0.3) is 0 Å². The Bertz CT molecular complexity index is 1340.